The van der Waals surface area contributed by atoms with Gasteiger partial charge in [0.15, 0.2) is 0 Å². The molecular formula is C20H41BrO. The quantitative estimate of drug-likeness (QED) is 0.345. The number of rotatable bonds is 13. The summed E-state index contributed by atoms with van der Waals surface area (Å²) in [4.78, 5) is 0. The fourth-order valence-electron chi connectivity index (χ4n) is 2.97. The van der Waals surface area contributed by atoms with Crippen LogP contribution in [-0.2, 0) is 0 Å². The van der Waals surface area contributed by atoms with Crippen LogP contribution >= 0.6 is 17.0 Å². The molecule has 0 radical (unpaired) electrons. The maximum Gasteiger partial charge on any atom is 0.0614 e. The van der Waals surface area contributed by atoms with Gasteiger partial charge in [0.2, 0.25) is 0 Å². The minimum atomic E-state index is 0. The number of hydrogen-bond acceptors (Lipinski definition) is 1. The zero-order chi connectivity index (χ0) is 16.1. The van der Waals surface area contributed by atoms with E-state index in [4.69, 9.17) is 5.11 Å². The molecule has 0 amide bonds. The van der Waals surface area contributed by atoms with Gasteiger partial charge in [-0.3, -0.25) is 0 Å². The number of allylic oxidation sites excluding steroid dienone is 1. The molecule has 2 atom stereocenters. The normalized spacial score (nSPS) is 14.8. The van der Waals surface area contributed by atoms with Crippen LogP contribution in [0.5, 0.6) is 0 Å². The van der Waals surface area contributed by atoms with Crippen molar-refractivity contribution in [2.45, 2.75) is 92.4 Å². The highest BCUT2D eigenvalue weighted by atomic mass is 79.9. The molecular weight excluding hydrogens is 336 g/mol. The molecule has 1 N–H and O–H groups in total. The molecule has 0 rings (SSSR count). The van der Waals surface area contributed by atoms with Gasteiger partial charge in [-0.05, 0) is 37.5 Å². The number of aliphatic hydroxyl groups excluding tert-OH is 1. The highest BCUT2D eigenvalue weighted by Gasteiger charge is 2.06. The van der Waals surface area contributed by atoms with Gasteiger partial charge in [-0.2, -0.15) is 0 Å². The standard InChI is InChI=1S/C20H40O.BrH/c1-17(2)9-6-10-18(3)11-7-12-19(4)13-8-14-20(5)15-16-21;/h15,17-19,21H,6-14,16H2,1-5H3;1H/t18-,19-;/m1./s1. The van der Waals surface area contributed by atoms with E-state index in [1.165, 1.54) is 56.9 Å². The molecule has 0 unspecified atom stereocenters. The van der Waals surface area contributed by atoms with Crippen molar-refractivity contribution in [2.75, 3.05) is 6.61 Å². The molecule has 0 saturated heterocycles. The molecule has 22 heavy (non-hydrogen) atoms. The molecule has 0 aromatic carbocycles. The Morgan fingerprint density at radius 2 is 1.27 bits per heavy atom. The Morgan fingerprint density at radius 3 is 1.73 bits per heavy atom. The molecule has 0 spiro atoms. The van der Waals surface area contributed by atoms with Crippen molar-refractivity contribution in [1.82, 2.24) is 0 Å². The number of aliphatic hydroxyl groups is 1. The maximum atomic E-state index is 8.83. The van der Waals surface area contributed by atoms with Crippen molar-refractivity contribution < 1.29 is 5.11 Å². The van der Waals surface area contributed by atoms with E-state index >= 15 is 0 Å². The molecule has 1 nitrogen and oxygen atoms in total. The smallest absolute Gasteiger partial charge is 0.0614 e. The molecule has 0 aromatic heterocycles. The maximum absolute atomic E-state index is 8.83. The Kier molecular flexibility index (Phi) is 17.8. The summed E-state index contributed by atoms with van der Waals surface area (Å²) in [5.41, 5.74) is 1.34. The molecule has 134 valence electrons. The van der Waals surface area contributed by atoms with Crippen LogP contribution < -0.4 is 0 Å². The van der Waals surface area contributed by atoms with Crippen LogP contribution in [0.25, 0.3) is 0 Å². The molecule has 0 fully saturated rings. The lowest BCUT2D eigenvalue weighted by Gasteiger charge is -2.15. The molecule has 0 aliphatic rings. The summed E-state index contributed by atoms with van der Waals surface area (Å²) in [7, 11) is 0. The highest BCUT2D eigenvalue weighted by Crippen LogP contribution is 2.21. The van der Waals surface area contributed by atoms with Crippen LogP contribution in [0.3, 0.4) is 0 Å². The van der Waals surface area contributed by atoms with Crippen LogP contribution in [0, 0.1) is 17.8 Å². The SMILES string of the molecule is Br.CC(=CCO)CCC[C@H](C)CCC[C@H](C)CCCC(C)C. The molecule has 0 heterocycles. The topological polar surface area (TPSA) is 20.2 Å². The van der Waals surface area contributed by atoms with Crippen molar-refractivity contribution >= 4 is 17.0 Å². The fraction of sp³-hybridized carbons (Fsp3) is 0.900. The number of halogens is 1. The van der Waals surface area contributed by atoms with E-state index in [9.17, 15) is 0 Å². The Bertz CT molecular complexity index is 260. The predicted molar refractivity (Wildman–Crippen MR) is 106 cm³/mol. The van der Waals surface area contributed by atoms with Crippen molar-refractivity contribution in [3.63, 3.8) is 0 Å². The Labute approximate surface area is 150 Å². The first-order chi connectivity index (χ1) is 9.95. The second kappa shape index (κ2) is 16.1. The van der Waals surface area contributed by atoms with Gasteiger partial charge < -0.3 is 5.11 Å². The third-order valence-corrected chi connectivity index (χ3v) is 4.58. The lowest BCUT2D eigenvalue weighted by Crippen LogP contribution is -2.00. The van der Waals surface area contributed by atoms with E-state index in [1.54, 1.807) is 0 Å². The highest BCUT2D eigenvalue weighted by molar-refractivity contribution is 8.93. The second-order valence-corrected chi connectivity index (χ2v) is 7.59. The van der Waals surface area contributed by atoms with Crippen molar-refractivity contribution in [3.05, 3.63) is 11.6 Å². The fourth-order valence-corrected chi connectivity index (χ4v) is 2.97. The van der Waals surface area contributed by atoms with E-state index in [0.717, 1.165) is 24.2 Å². The van der Waals surface area contributed by atoms with Gasteiger partial charge in [0.05, 0.1) is 6.61 Å². The van der Waals surface area contributed by atoms with Crippen LogP contribution in [-0.4, -0.2) is 11.7 Å². The van der Waals surface area contributed by atoms with Crippen molar-refractivity contribution in [3.8, 4) is 0 Å². The van der Waals surface area contributed by atoms with E-state index in [0.29, 0.717) is 0 Å². The molecule has 0 aromatic rings. The van der Waals surface area contributed by atoms with Crippen molar-refractivity contribution in [1.29, 1.82) is 0 Å². The first-order valence-electron chi connectivity index (χ1n) is 9.22. The van der Waals surface area contributed by atoms with Gasteiger partial charge in [-0.1, -0.05) is 84.3 Å². The van der Waals surface area contributed by atoms with Crippen LogP contribution in [0.1, 0.15) is 92.4 Å². The Morgan fingerprint density at radius 1 is 0.818 bits per heavy atom. The Balaban J connectivity index is 0. The van der Waals surface area contributed by atoms with Crippen LogP contribution in [0.4, 0.5) is 0 Å². The summed E-state index contributed by atoms with van der Waals surface area (Å²) < 4.78 is 0. The molecule has 0 bridgehead atoms. The van der Waals surface area contributed by atoms with Gasteiger partial charge in [0, 0.05) is 0 Å². The molecule has 0 saturated carbocycles. The first-order valence-corrected chi connectivity index (χ1v) is 9.22. The van der Waals surface area contributed by atoms with Gasteiger partial charge >= 0.3 is 0 Å². The van der Waals surface area contributed by atoms with Crippen LogP contribution in [0.2, 0.25) is 0 Å². The van der Waals surface area contributed by atoms with E-state index in [1.807, 2.05) is 6.08 Å². The third-order valence-electron chi connectivity index (χ3n) is 4.58. The third kappa shape index (κ3) is 16.5. The molecule has 2 heteroatoms. The summed E-state index contributed by atoms with van der Waals surface area (Å²) in [5, 5.41) is 8.83. The summed E-state index contributed by atoms with van der Waals surface area (Å²) >= 11 is 0. The lowest BCUT2D eigenvalue weighted by molar-refractivity contribution is 0.341. The summed E-state index contributed by atoms with van der Waals surface area (Å²) in [5.74, 6) is 2.63. The van der Waals surface area contributed by atoms with Crippen LogP contribution in [0.15, 0.2) is 11.6 Å². The zero-order valence-corrected chi connectivity index (χ0v) is 17.4. The average molecular weight is 377 g/mol. The van der Waals surface area contributed by atoms with Gasteiger partial charge in [-0.15, -0.1) is 17.0 Å². The van der Waals surface area contributed by atoms with E-state index in [-0.39, 0.29) is 23.6 Å². The number of hydrogen-bond donors (Lipinski definition) is 1. The lowest BCUT2D eigenvalue weighted by atomic mass is 9.91. The van der Waals surface area contributed by atoms with Gasteiger partial charge in [0.25, 0.3) is 0 Å². The van der Waals surface area contributed by atoms with Crippen molar-refractivity contribution in [2.24, 2.45) is 17.8 Å². The largest absolute Gasteiger partial charge is 0.392 e. The monoisotopic (exact) mass is 376 g/mol. The van der Waals surface area contributed by atoms with Gasteiger partial charge in [0.1, 0.15) is 0 Å². The molecule has 0 aliphatic carbocycles. The second-order valence-electron chi connectivity index (χ2n) is 7.59. The minimum Gasteiger partial charge on any atom is -0.392 e. The first kappa shape index (κ1) is 24.4. The van der Waals surface area contributed by atoms with Gasteiger partial charge in [-0.25, -0.2) is 0 Å². The van der Waals surface area contributed by atoms with E-state index < -0.39 is 0 Å². The molecule has 0 aliphatic heterocycles. The predicted octanol–water partition coefficient (Wildman–Crippen LogP) is 6.94. The van der Waals surface area contributed by atoms with E-state index in [2.05, 4.69) is 34.6 Å². The minimum absolute atomic E-state index is 0. The summed E-state index contributed by atoms with van der Waals surface area (Å²) in [6.45, 7) is 11.8. The zero-order valence-electron chi connectivity index (χ0n) is 15.7. The average Bonchev–Trinajstić information content (AvgIpc) is 2.38. The Hall–Kier alpha value is 0.180. The summed E-state index contributed by atoms with van der Waals surface area (Å²) in [6, 6.07) is 0. The summed E-state index contributed by atoms with van der Waals surface area (Å²) in [6.07, 6.45) is 14.1.